The predicted molar refractivity (Wildman–Crippen MR) is 80.5 cm³/mol. The molecule has 0 radical (unpaired) electrons. The van der Waals surface area contributed by atoms with E-state index in [1.807, 2.05) is 6.07 Å². The molecule has 0 atom stereocenters. The van der Waals surface area contributed by atoms with Crippen molar-refractivity contribution < 1.29 is 9.13 Å². The molecule has 2 heterocycles. The number of imidazole rings is 1. The van der Waals surface area contributed by atoms with Crippen LogP contribution in [0, 0.1) is 10.6 Å². The molecule has 0 amide bonds. The molecular weight excluding hydrogens is 345 g/mol. The number of aromatic nitrogens is 3. The quantitative estimate of drug-likeness (QED) is 0.708. The van der Waals surface area contributed by atoms with Gasteiger partial charge in [-0.05, 0) is 46.3 Å². The second-order valence-electron chi connectivity index (χ2n) is 4.11. The van der Waals surface area contributed by atoms with Gasteiger partial charge in [0.1, 0.15) is 11.6 Å². The summed E-state index contributed by atoms with van der Waals surface area (Å²) in [5.74, 6) is 0.155. The standard InChI is InChI=1S/C13H9BrFN3OS/c1-19-8-2-3-9(15)11(5-8)18-12-10(17-13(18)20)4-7(14)6-16-12/h2-6H,1H3,(H,17,20). The Morgan fingerprint density at radius 1 is 1.40 bits per heavy atom. The molecule has 3 aromatic rings. The Morgan fingerprint density at radius 2 is 2.20 bits per heavy atom. The minimum atomic E-state index is -0.396. The fourth-order valence-electron chi connectivity index (χ4n) is 1.98. The normalized spacial score (nSPS) is 10.9. The van der Waals surface area contributed by atoms with Gasteiger partial charge in [0.2, 0.25) is 0 Å². The van der Waals surface area contributed by atoms with Crippen LogP contribution in [0.2, 0.25) is 0 Å². The number of methoxy groups -OCH3 is 1. The van der Waals surface area contributed by atoms with E-state index >= 15 is 0 Å². The Morgan fingerprint density at radius 3 is 2.95 bits per heavy atom. The number of aromatic amines is 1. The summed E-state index contributed by atoms with van der Waals surface area (Å²) in [6.07, 6.45) is 1.64. The largest absolute Gasteiger partial charge is 0.497 e. The van der Waals surface area contributed by atoms with E-state index in [0.29, 0.717) is 21.9 Å². The second kappa shape index (κ2) is 4.99. The third kappa shape index (κ3) is 2.12. The Kier molecular flexibility index (Phi) is 3.31. The number of nitrogens with one attached hydrogen (secondary N) is 1. The van der Waals surface area contributed by atoms with Crippen LogP contribution in [0.3, 0.4) is 0 Å². The SMILES string of the molecule is COc1ccc(F)c(-n2c(=S)[nH]c3cc(Br)cnc32)c1. The molecule has 1 aromatic carbocycles. The van der Waals surface area contributed by atoms with Gasteiger partial charge in [-0.15, -0.1) is 0 Å². The van der Waals surface area contributed by atoms with Gasteiger partial charge in [0, 0.05) is 16.7 Å². The van der Waals surface area contributed by atoms with Crippen LogP contribution in [-0.2, 0) is 0 Å². The number of benzene rings is 1. The molecule has 0 saturated heterocycles. The first kappa shape index (κ1) is 13.3. The first-order chi connectivity index (χ1) is 9.60. The van der Waals surface area contributed by atoms with Crippen molar-refractivity contribution in [1.82, 2.24) is 14.5 Å². The lowest BCUT2D eigenvalue weighted by Gasteiger charge is -2.07. The van der Waals surface area contributed by atoms with Crippen molar-refractivity contribution in [3.63, 3.8) is 0 Å². The zero-order valence-corrected chi connectivity index (χ0v) is 12.8. The average molecular weight is 354 g/mol. The van der Waals surface area contributed by atoms with Gasteiger partial charge < -0.3 is 9.72 Å². The molecule has 0 saturated carbocycles. The van der Waals surface area contributed by atoms with Gasteiger partial charge in [-0.2, -0.15) is 0 Å². The molecule has 1 N–H and O–H groups in total. The Hall–Kier alpha value is -1.73. The van der Waals surface area contributed by atoms with Crippen LogP contribution in [0.15, 0.2) is 34.9 Å². The molecule has 102 valence electrons. The van der Waals surface area contributed by atoms with Crippen molar-refractivity contribution in [1.29, 1.82) is 0 Å². The van der Waals surface area contributed by atoms with E-state index in [-0.39, 0.29) is 0 Å². The van der Waals surface area contributed by atoms with Crippen molar-refractivity contribution in [3.8, 4) is 11.4 Å². The number of halogens is 2. The maximum absolute atomic E-state index is 14.1. The minimum Gasteiger partial charge on any atom is -0.497 e. The average Bonchev–Trinajstić information content (AvgIpc) is 2.74. The second-order valence-corrected chi connectivity index (χ2v) is 5.41. The van der Waals surface area contributed by atoms with Crippen LogP contribution in [0.25, 0.3) is 16.9 Å². The summed E-state index contributed by atoms with van der Waals surface area (Å²) in [6, 6.07) is 6.32. The van der Waals surface area contributed by atoms with Gasteiger partial charge in [-0.1, -0.05) is 0 Å². The van der Waals surface area contributed by atoms with Gasteiger partial charge in [0.15, 0.2) is 10.4 Å². The highest BCUT2D eigenvalue weighted by molar-refractivity contribution is 9.10. The van der Waals surface area contributed by atoms with Gasteiger partial charge in [-0.3, -0.25) is 4.57 Å². The van der Waals surface area contributed by atoms with Crippen LogP contribution < -0.4 is 4.74 Å². The fourth-order valence-corrected chi connectivity index (χ4v) is 2.61. The molecule has 0 fully saturated rings. The number of rotatable bonds is 2. The van der Waals surface area contributed by atoms with Gasteiger partial charge in [0.05, 0.1) is 18.3 Å². The van der Waals surface area contributed by atoms with E-state index < -0.39 is 5.82 Å². The molecule has 20 heavy (non-hydrogen) atoms. The third-order valence-electron chi connectivity index (χ3n) is 2.88. The molecule has 0 aliphatic carbocycles. The number of ether oxygens (including phenoxy) is 1. The molecular formula is C13H9BrFN3OS. The van der Waals surface area contributed by atoms with E-state index in [2.05, 4.69) is 25.9 Å². The first-order valence-electron chi connectivity index (χ1n) is 5.70. The zero-order chi connectivity index (χ0) is 14.3. The molecule has 0 unspecified atom stereocenters. The van der Waals surface area contributed by atoms with Gasteiger partial charge >= 0.3 is 0 Å². The van der Waals surface area contributed by atoms with Crippen molar-refractivity contribution in [2.45, 2.75) is 0 Å². The smallest absolute Gasteiger partial charge is 0.184 e. The van der Waals surface area contributed by atoms with E-state index in [1.165, 1.54) is 13.2 Å². The van der Waals surface area contributed by atoms with Crippen LogP contribution in [-0.4, -0.2) is 21.6 Å². The fraction of sp³-hybridized carbons (Fsp3) is 0.0769. The number of hydrogen-bond acceptors (Lipinski definition) is 3. The Balaban J connectivity index is 2.34. The third-order valence-corrected chi connectivity index (χ3v) is 3.60. The summed E-state index contributed by atoms with van der Waals surface area (Å²) < 4.78 is 22.0. The summed E-state index contributed by atoms with van der Waals surface area (Å²) in [5.41, 5.74) is 1.59. The van der Waals surface area contributed by atoms with Crippen LogP contribution >= 0.6 is 28.1 Å². The van der Waals surface area contributed by atoms with Crippen LogP contribution in [0.1, 0.15) is 0 Å². The number of fused-ring (bicyclic) bond motifs is 1. The molecule has 0 spiro atoms. The maximum Gasteiger partial charge on any atom is 0.184 e. The maximum atomic E-state index is 14.1. The van der Waals surface area contributed by atoms with Crippen LogP contribution in [0.5, 0.6) is 5.75 Å². The summed E-state index contributed by atoms with van der Waals surface area (Å²) in [6.45, 7) is 0. The number of pyridine rings is 1. The lowest BCUT2D eigenvalue weighted by atomic mass is 10.3. The van der Waals surface area contributed by atoms with E-state index in [1.54, 1.807) is 22.9 Å². The van der Waals surface area contributed by atoms with E-state index in [9.17, 15) is 4.39 Å². The molecule has 0 bridgehead atoms. The summed E-state index contributed by atoms with van der Waals surface area (Å²) >= 11 is 8.60. The van der Waals surface area contributed by atoms with Crippen molar-refractivity contribution in [3.05, 3.63) is 45.5 Å². The number of nitrogens with zero attached hydrogens (tertiary/aromatic N) is 2. The van der Waals surface area contributed by atoms with E-state index in [0.717, 1.165) is 9.99 Å². The topological polar surface area (TPSA) is 42.8 Å². The highest BCUT2D eigenvalue weighted by Crippen LogP contribution is 2.25. The lowest BCUT2D eigenvalue weighted by Crippen LogP contribution is -1.99. The molecule has 7 heteroatoms. The van der Waals surface area contributed by atoms with Gasteiger partial charge in [0.25, 0.3) is 0 Å². The lowest BCUT2D eigenvalue weighted by molar-refractivity contribution is 0.413. The zero-order valence-electron chi connectivity index (χ0n) is 10.4. The summed E-state index contributed by atoms with van der Waals surface area (Å²) in [4.78, 5) is 7.29. The predicted octanol–water partition coefficient (Wildman–Crippen LogP) is 3.99. The van der Waals surface area contributed by atoms with E-state index in [4.69, 9.17) is 17.0 Å². The molecule has 4 nitrogen and oxygen atoms in total. The minimum absolute atomic E-state index is 0.301. The Labute approximate surface area is 127 Å². The molecule has 0 aliphatic rings. The summed E-state index contributed by atoms with van der Waals surface area (Å²) in [7, 11) is 1.53. The number of H-pyrrole nitrogens is 1. The van der Waals surface area contributed by atoms with Gasteiger partial charge in [-0.25, -0.2) is 9.37 Å². The molecule has 0 aliphatic heterocycles. The summed E-state index contributed by atoms with van der Waals surface area (Å²) in [5, 5.41) is 0. The molecule has 2 aromatic heterocycles. The molecule has 3 rings (SSSR count). The Bertz CT molecular complexity index is 858. The highest BCUT2D eigenvalue weighted by atomic mass is 79.9. The highest BCUT2D eigenvalue weighted by Gasteiger charge is 2.13. The van der Waals surface area contributed by atoms with Crippen molar-refractivity contribution in [2.75, 3.05) is 7.11 Å². The van der Waals surface area contributed by atoms with Crippen LogP contribution in [0.4, 0.5) is 4.39 Å². The monoisotopic (exact) mass is 353 g/mol. The van der Waals surface area contributed by atoms with Crippen molar-refractivity contribution in [2.24, 2.45) is 0 Å². The van der Waals surface area contributed by atoms with Crippen molar-refractivity contribution >= 4 is 39.3 Å². The first-order valence-corrected chi connectivity index (χ1v) is 6.90. The number of hydrogen-bond donors (Lipinski definition) is 1.